The highest BCUT2D eigenvalue weighted by atomic mass is 32.1. The van der Waals surface area contributed by atoms with Gasteiger partial charge in [-0.25, -0.2) is 19.3 Å². The molecule has 0 aliphatic heterocycles. The summed E-state index contributed by atoms with van der Waals surface area (Å²) >= 11 is 1.51. The van der Waals surface area contributed by atoms with E-state index in [1.165, 1.54) is 11.3 Å². The zero-order chi connectivity index (χ0) is 23.1. The molecule has 0 saturated heterocycles. The van der Waals surface area contributed by atoms with Crippen molar-refractivity contribution in [3.8, 4) is 10.6 Å². The molecule has 0 fully saturated rings. The number of H-pyrrole nitrogens is 2. The molecule has 0 aliphatic carbocycles. The Labute approximate surface area is 191 Å². The lowest BCUT2D eigenvalue weighted by atomic mass is 10.1. The Hall–Kier alpha value is -4.05. The van der Waals surface area contributed by atoms with Crippen molar-refractivity contribution in [3.63, 3.8) is 0 Å². The van der Waals surface area contributed by atoms with Gasteiger partial charge in [-0.05, 0) is 49.6 Å². The van der Waals surface area contributed by atoms with Crippen molar-refractivity contribution in [2.24, 2.45) is 0 Å². The third-order valence-electron chi connectivity index (χ3n) is 5.22. The Balaban J connectivity index is 1.44. The van der Waals surface area contributed by atoms with E-state index < -0.39 is 12.6 Å². The van der Waals surface area contributed by atoms with Crippen LogP contribution >= 0.6 is 11.3 Å². The Morgan fingerprint density at radius 2 is 1.97 bits per heavy atom. The Morgan fingerprint density at radius 1 is 1.15 bits per heavy atom. The first-order chi connectivity index (χ1) is 15.9. The highest BCUT2D eigenvalue weighted by Gasteiger charge is 2.21. The number of carbonyl (C=O) groups is 2. The Morgan fingerprint density at radius 3 is 2.73 bits per heavy atom. The molecule has 0 saturated carbocycles. The van der Waals surface area contributed by atoms with Gasteiger partial charge in [-0.3, -0.25) is 4.79 Å². The molecule has 1 aromatic carbocycles. The number of carbonyl (C=O) groups excluding carboxylic acids is 2. The van der Waals surface area contributed by atoms with Crippen LogP contribution in [0.4, 0.5) is 0 Å². The number of ether oxygens (including phenoxy) is 1. The molecule has 0 atom stereocenters. The number of esters is 1. The fraction of sp³-hybridized carbons (Fsp3) is 0.174. The standard InChI is InChI=1S/C23H19N5O4S/c1-12(2)28-21-15(10-24-28)14(9-18(25-21)20-4-3-7-33-20)22(30)32-11-19(29)13-5-6-16-17(8-13)27-23(31)26-16/h3-10,12H,11H2,1-2H3,(H2,26,27,31). The zero-order valence-corrected chi connectivity index (χ0v) is 18.6. The fourth-order valence-corrected chi connectivity index (χ4v) is 4.30. The molecule has 9 nitrogen and oxygen atoms in total. The second-order valence-electron chi connectivity index (χ2n) is 7.79. The van der Waals surface area contributed by atoms with Crippen molar-refractivity contribution in [1.29, 1.82) is 0 Å². The molecule has 4 heterocycles. The van der Waals surface area contributed by atoms with Crippen LogP contribution in [0.3, 0.4) is 0 Å². The van der Waals surface area contributed by atoms with Crippen LogP contribution < -0.4 is 5.69 Å². The molecule has 5 aromatic rings. The van der Waals surface area contributed by atoms with E-state index in [-0.39, 0.29) is 17.5 Å². The number of hydrogen-bond donors (Lipinski definition) is 2. The summed E-state index contributed by atoms with van der Waals surface area (Å²) in [5.74, 6) is -1.01. The van der Waals surface area contributed by atoms with Gasteiger partial charge in [0.05, 0.1) is 38.8 Å². The number of benzene rings is 1. The molecule has 10 heteroatoms. The van der Waals surface area contributed by atoms with Crippen LogP contribution in [0, 0.1) is 0 Å². The lowest BCUT2D eigenvalue weighted by Crippen LogP contribution is -2.15. The largest absolute Gasteiger partial charge is 0.454 e. The van der Waals surface area contributed by atoms with Crippen LogP contribution in [0.2, 0.25) is 0 Å². The van der Waals surface area contributed by atoms with E-state index in [4.69, 9.17) is 9.72 Å². The number of Topliss-reactive ketones (excluding diaryl/α,β-unsaturated/α-hetero) is 1. The van der Waals surface area contributed by atoms with E-state index in [0.717, 1.165) is 4.88 Å². The molecule has 0 spiro atoms. The van der Waals surface area contributed by atoms with Crippen LogP contribution in [0.5, 0.6) is 0 Å². The van der Waals surface area contributed by atoms with Gasteiger partial charge < -0.3 is 14.7 Å². The average Bonchev–Trinajstić information content (AvgIpc) is 3.54. The minimum Gasteiger partial charge on any atom is -0.454 e. The number of pyridine rings is 1. The number of hydrogen-bond acceptors (Lipinski definition) is 7. The van der Waals surface area contributed by atoms with E-state index in [2.05, 4.69) is 15.1 Å². The number of ketones is 1. The number of nitrogens with zero attached hydrogens (tertiary/aromatic N) is 3. The molecule has 0 radical (unpaired) electrons. The van der Waals surface area contributed by atoms with Gasteiger partial charge in [0.2, 0.25) is 0 Å². The SMILES string of the molecule is CC(C)n1ncc2c(C(=O)OCC(=O)c3ccc4[nH]c(=O)[nH]c4c3)cc(-c3cccs3)nc21. The molecule has 33 heavy (non-hydrogen) atoms. The molecule has 4 aromatic heterocycles. The van der Waals surface area contributed by atoms with Gasteiger partial charge in [-0.1, -0.05) is 6.07 Å². The summed E-state index contributed by atoms with van der Waals surface area (Å²) in [5.41, 5.74) is 2.60. The van der Waals surface area contributed by atoms with Crippen molar-refractivity contribution in [2.45, 2.75) is 19.9 Å². The minimum atomic E-state index is -0.631. The summed E-state index contributed by atoms with van der Waals surface area (Å²) in [7, 11) is 0. The van der Waals surface area contributed by atoms with Crippen LogP contribution in [-0.2, 0) is 4.74 Å². The zero-order valence-electron chi connectivity index (χ0n) is 17.8. The number of nitrogens with one attached hydrogen (secondary N) is 2. The molecule has 166 valence electrons. The number of fused-ring (bicyclic) bond motifs is 2. The molecule has 0 amide bonds. The topological polar surface area (TPSA) is 123 Å². The quantitative estimate of drug-likeness (QED) is 0.292. The van der Waals surface area contributed by atoms with Gasteiger partial charge in [0.15, 0.2) is 18.0 Å². The van der Waals surface area contributed by atoms with Crippen molar-refractivity contribution in [2.75, 3.05) is 6.61 Å². The van der Waals surface area contributed by atoms with Crippen LogP contribution in [0.1, 0.15) is 40.6 Å². The summed E-state index contributed by atoms with van der Waals surface area (Å²) in [4.78, 5) is 47.9. The molecule has 2 N–H and O–H groups in total. The first kappa shape index (κ1) is 20.8. The first-order valence-electron chi connectivity index (χ1n) is 10.2. The van der Waals surface area contributed by atoms with Gasteiger partial charge in [0, 0.05) is 11.6 Å². The van der Waals surface area contributed by atoms with Gasteiger partial charge >= 0.3 is 11.7 Å². The minimum absolute atomic E-state index is 0.0498. The molecule has 0 aliphatic rings. The summed E-state index contributed by atoms with van der Waals surface area (Å²) in [5, 5.41) is 6.88. The fourth-order valence-electron chi connectivity index (χ4n) is 3.61. The van der Waals surface area contributed by atoms with Crippen molar-refractivity contribution in [3.05, 3.63) is 69.6 Å². The monoisotopic (exact) mass is 461 g/mol. The summed E-state index contributed by atoms with van der Waals surface area (Å²) in [6.07, 6.45) is 1.59. The average molecular weight is 462 g/mol. The number of thiophene rings is 1. The van der Waals surface area contributed by atoms with Gasteiger partial charge in [0.1, 0.15) is 0 Å². The summed E-state index contributed by atoms with van der Waals surface area (Å²) < 4.78 is 7.13. The van der Waals surface area contributed by atoms with E-state index in [0.29, 0.717) is 38.9 Å². The van der Waals surface area contributed by atoms with E-state index in [1.807, 2.05) is 31.4 Å². The van der Waals surface area contributed by atoms with Crippen LogP contribution in [0.25, 0.3) is 32.6 Å². The maximum atomic E-state index is 13.0. The molecule has 0 unspecified atom stereocenters. The molecular weight excluding hydrogens is 442 g/mol. The Bertz CT molecular complexity index is 1560. The molecule has 5 rings (SSSR count). The maximum Gasteiger partial charge on any atom is 0.339 e. The van der Waals surface area contributed by atoms with Crippen molar-refractivity contribution < 1.29 is 14.3 Å². The first-order valence-corrected chi connectivity index (χ1v) is 11.1. The summed E-state index contributed by atoms with van der Waals surface area (Å²) in [6.45, 7) is 3.53. The molecule has 0 bridgehead atoms. The van der Waals surface area contributed by atoms with Crippen LogP contribution in [-0.4, -0.2) is 43.1 Å². The van der Waals surface area contributed by atoms with Crippen LogP contribution in [0.15, 0.2) is 52.8 Å². The number of aromatic amines is 2. The van der Waals surface area contributed by atoms with E-state index >= 15 is 0 Å². The van der Waals surface area contributed by atoms with Crippen molar-refractivity contribution in [1.82, 2.24) is 24.7 Å². The lowest BCUT2D eigenvalue weighted by molar-refractivity contribution is 0.0476. The summed E-state index contributed by atoms with van der Waals surface area (Å²) in [6, 6.07) is 10.3. The van der Waals surface area contributed by atoms with Gasteiger partial charge in [-0.15, -0.1) is 11.3 Å². The van der Waals surface area contributed by atoms with Crippen molar-refractivity contribution >= 4 is 45.2 Å². The number of aromatic nitrogens is 5. The Kier molecular flexibility index (Phi) is 5.14. The van der Waals surface area contributed by atoms with E-state index in [1.54, 1.807) is 35.1 Å². The lowest BCUT2D eigenvalue weighted by Gasteiger charge is -2.10. The normalized spacial score (nSPS) is 11.5. The molecular formula is C23H19N5O4S. The van der Waals surface area contributed by atoms with E-state index in [9.17, 15) is 14.4 Å². The third-order valence-corrected chi connectivity index (χ3v) is 6.11. The smallest absolute Gasteiger partial charge is 0.339 e. The second-order valence-corrected chi connectivity index (χ2v) is 8.74. The van der Waals surface area contributed by atoms with Gasteiger partial charge in [0.25, 0.3) is 0 Å². The number of rotatable bonds is 6. The number of imidazole rings is 1. The highest BCUT2D eigenvalue weighted by Crippen LogP contribution is 2.29. The second kappa shape index (κ2) is 8.14. The third kappa shape index (κ3) is 3.85. The highest BCUT2D eigenvalue weighted by molar-refractivity contribution is 7.13. The predicted octanol–water partition coefficient (Wildman–Crippen LogP) is 3.95. The van der Waals surface area contributed by atoms with Gasteiger partial charge in [-0.2, -0.15) is 5.10 Å². The maximum absolute atomic E-state index is 13.0. The predicted molar refractivity (Wildman–Crippen MR) is 125 cm³/mol.